The predicted molar refractivity (Wildman–Crippen MR) is 112 cm³/mol. The van der Waals surface area contributed by atoms with Gasteiger partial charge in [-0.1, -0.05) is 24.3 Å². The number of benzene rings is 2. The SMILES string of the molecule is COc1ccc(CCNc2cc(NCc3ccccc3F)nc(C)n2)cc1OC. The van der Waals surface area contributed by atoms with Crippen molar-refractivity contribution in [1.82, 2.24) is 9.97 Å². The van der Waals surface area contributed by atoms with Gasteiger partial charge in [0.05, 0.1) is 14.2 Å². The van der Waals surface area contributed by atoms with E-state index in [0.717, 1.165) is 12.0 Å². The monoisotopic (exact) mass is 396 g/mol. The number of nitrogens with zero attached hydrogens (tertiary/aromatic N) is 2. The molecule has 0 unspecified atom stereocenters. The average molecular weight is 396 g/mol. The van der Waals surface area contributed by atoms with Gasteiger partial charge in [-0.15, -0.1) is 0 Å². The molecule has 3 rings (SSSR count). The lowest BCUT2D eigenvalue weighted by Crippen LogP contribution is -2.10. The first-order valence-corrected chi connectivity index (χ1v) is 9.37. The standard InChI is InChI=1S/C22H25FN4O2/c1-15-26-21(13-22(27-15)25-14-17-6-4-5-7-18(17)23)24-11-10-16-8-9-19(28-2)20(12-16)29-3/h4-9,12-13H,10-11,14H2,1-3H3,(H2,24,25,26,27). The average Bonchev–Trinajstić information content (AvgIpc) is 2.72. The van der Waals surface area contributed by atoms with Crippen molar-refractivity contribution in [3.63, 3.8) is 0 Å². The Hall–Kier alpha value is -3.35. The Kier molecular flexibility index (Phi) is 6.84. The largest absolute Gasteiger partial charge is 0.493 e. The molecule has 0 saturated heterocycles. The van der Waals surface area contributed by atoms with Gasteiger partial charge in [-0.2, -0.15) is 0 Å². The van der Waals surface area contributed by atoms with Crippen molar-refractivity contribution >= 4 is 11.6 Å². The fourth-order valence-electron chi connectivity index (χ4n) is 2.95. The van der Waals surface area contributed by atoms with Crippen LogP contribution in [0, 0.1) is 12.7 Å². The zero-order chi connectivity index (χ0) is 20.6. The molecular weight excluding hydrogens is 371 g/mol. The molecule has 7 heteroatoms. The van der Waals surface area contributed by atoms with Crippen molar-refractivity contribution < 1.29 is 13.9 Å². The Balaban J connectivity index is 1.59. The number of hydrogen-bond acceptors (Lipinski definition) is 6. The van der Waals surface area contributed by atoms with Gasteiger partial charge < -0.3 is 20.1 Å². The van der Waals surface area contributed by atoms with E-state index in [1.165, 1.54) is 6.07 Å². The van der Waals surface area contributed by atoms with Crippen LogP contribution >= 0.6 is 0 Å². The number of methoxy groups -OCH3 is 2. The van der Waals surface area contributed by atoms with Gasteiger partial charge in [0, 0.05) is 24.7 Å². The predicted octanol–water partition coefficient (Wildman–Crippen LogP) is 4.21. The van der Waals surface area contributed by atoms with Crippen molar-refractivity contribution in [2.75, 3.05) is 31.4 Å². The van der Waals surface area contributed by atoms with Gasteiger partial charge in [0.15, 0.2) is 11.5 Å². The highest BCUT2D eigenvalue weighted by atomic mass is 19.1. The lowest BCUT2D eigenvalue weighted by Gasteiger charge is -2.12. The van der Waals surface area contributed by atoms with Crippen LogP contribution in [0.25, 0.3) is 0 Å². The van der Waals surface area contributed by atoms with Crippen LogP contribution in [0.3, 0.4) is 0 Å². The highest BCUT2D eigenvalue weighted by molar-refractivity contribution is 5.48. The normalized spacial score (nSPS) is 10.5. The Labute approximate surface area is 170 Å². The van der Waals surface area contributed by atoms with E-state index in [0.29, 0.717) is 47.6 Å². The molecule has 6 nitrogen and oxygen atoms in total. The van der Waals surface area contributed by atoms with Crippen LogP contribution < -0.4 is 20.1 Å². The summed E-state index contributed by atoms with van der Waals surface area (Å²) in [5, 5.41) is 6.47. The topological polar surface area (TPSA) is 68.3 Å². The van der Waals surface area contributed by atoms with Gasteiger partial charge in [0.2, 0.25) is 0 Å². The molecule has 0 saturated carbocycles. The Bertz CT molecular complexity index is 965. The minimum atomic E-state index is -0.237. The summed E-state index contributed by atoms with van der Waals surface area (Å²) >= 11 is 0. The molecule has 152 valence electrons. The first-order chi connectivity index (χ1) is 14.1. The smallest absolute Gasteiger partial charge is 0.160 e. The number of aryl methyl sites for hydroxylation is 1. The van der Waals surface area contributed by atoms with Crippen LogP contribution in [-0.4, -0.2) is 30.7 Å². The van der Waals surface area contributed by atoms with Crippen LogP contribution in [0.15, 0.2) is 48.5 Å². The minimum Gasteiger partial charge on any atom is -0.493 e. The van der Waals surface area contributed by atoms with Gasteiger partial charge in [-0.3, -0.25) is 0 Å². The van der Waals surface area contributed by atoms with Crippen molar-refractivity contribution in [3.8, 4) is 11.5 Å². The molecule has 3 aromatic rings. The number of ether oxygens (including phenoxy) is 2. The number of hydrogen-bond donors (Lipinski definition) is 2. The third-order valence-corrected chi connectivity index (χ3v) is 4.42. The maximum Gasteiger partial charge on any atom is 0.160 e. The number of nitrogens with one attached hydrogen (secondary N) is 2. The van der Waals surface area contributed by atoms with E-state index >= 15 is 0 Å². The second-order valence-electron chi connectivity index (χ2n) is 6.50. The molecular formula is C22H25FN4O2. The summed E-state index contributed by atoms with van der Waals surface area (Å²) < 4.78 is 24.4. The van der Waals surface area contributed by atoms with Gasteiger partial charge in [-0.25, -0.2) is 14.4 Å². The molecule has 0 spiro atoms. The van der Waals surface area contributed by atoms with E-state index in [9.17, 15) is 4.39 Å². The molecule has 2 aromatic carbocycles. The van der Waals surface area contributed by atoms with E-state index in [1.54, 1.807) is 26.4 Å². The fraction of sp³-hybridized carbons (Fsp3) is 0.273. The second kappa shape index (κ2) is 9.73. The Morgan fingerprint density at radius 3 is 2.34 bits per heavy atom. The zero-order valence-electron chi connectivity index (χ0n) is 16.8. The fourth-order valence-corrected chi connectivity index (χ4v) is 2.95. The van der Waals surface area contributed by atoms with Crippen LogP contribution in [0.5, 0.6) is 11.5 Å². The van der Waals surface area contributed by atoms with Crippen molar-refractivity contribution in [3.05, 3.63) is 71.3 Å². The summed E-state index contributed by atoms with van der Waals surface area (Å²) in [6.45, 7) is 2.88. The molecule has 29 heavy (non-hydrogen) atoms. The van der Waals surface area contributed by atoms with Crippen molar-refractivity contribution in [2.45, 2.75) is 19.9 Å². The van der Waals surface area contributed by atoms with E-state index in [2.05, 4.69) is 20.6 Å². The maximum absolute atomic E-state index is 13.8. The molecule has 0 aliphatic heterocycles. The first kappa shape index (κ1) is 20.4. The van der Waals surface area contributed by atoms with Gasteiger partial charge in [0.1, 0.15) is 23.3 Å². The Morgan fingerprint density at radius 2 is 1.62 bits per heavy atom. The third kappa shape index (κ3) is 5.57. The number of rotatable bonds is 9. The summed E-state index contributed by atoms with van der Waals surface area (Å²) in [5.41, 5.74) is 1.71. The zero-order valence-corrected chi connectivity index (χ0v) is 16.8. The van der Waals surface area contributed by atoms with Crippen LogP contribution in [0.4, 0.5) is 16.0 Å². The summed E-state index contributed by atoms with van der Waals surface area (Å²) in [7, 11) is 3.24. The summed E-state index contributed by atoms with van der Waals surface area (Å²) in [6, 6.07) is 14.4. The quantitative estimate of drug-likeness (QED) is 0.565. The number of anilines is 2. The summed E-state index contributed by atoms with van der Waals surface area (Å²) in [6.07, 6.45) is 0.793. The molecule has 0 atom stereocenters. The summed E-state index contributed by atoms with van der Waals surface area (Å²) in [5.74, 6) is 3.18. The van der Waals surface area contributed by atoms with E-state index in [1.807, 2.05) is 37.3 Å². The highest BCUT2D eigenvalue weighted by Crippen LogP contribution is 2.27. The lowest BCUT2D eigenvalue weighted by molar-refractivity contribution is 0.354. The highest BCUT2D eigenvalue weighted by Gasteiger charge is 2.06. The van der Waals surface area contributed by atoms with E-state index < -0.39 is 0 Å². The Morgan fingerprint density at radius 1 is 0.897 bits per heavy atom. The van der Waals surface area contributed by atoms with Crippen molar-refractivity contribution in [2.24, 2.45) is 0 Å². The van der Waals surface area contributed by atoms with E-state index in [4.69, 9.17) is 9.47 Å². The summed E-state index contributed by atoms with van der Waals surface area (Å²) in [4.78, 5) is 8.79. The first-order valence-electron chi connectivity index (χ1n) is 9.37. The van der Waals surface area contributed by atoms with E-state index in [-0.39, 0.29) is 5.82 Å². The lowest BCUT2D eigenvalue weighted by atomic mass is 10.1. The molecule has 0 aliphatic carbocycles. The van der Waals surface area contributed by atoms with Crippen LogP contribution in [0.2, 0.25) is 0 Å². The van der Waals surface area contributed by atoms with Gasteiger partial charge >= 0.3 is 0 Å². The molecule has 1 aromatic heterocycles. The van der Waals surface area contributed by atoms with Gasteiger partial charge in [-0.05, 0) is 37.1 Å². The molecule has 2 N–H and O–H groups in total. The molecule has 0 amide bonds. The third-order valence-electron chi connectivity index (χ3n) is 4.42. The maximum atomic E-state index is 13.8. The minimum absolute atomic E-state index is 0.237. The second-order valence-corrected chi connectivity index (χ2v) is 6.50. The number of aromatic nitrogens is 2. The molecule has 0 radical (unpaired) electrons. The molecule has 0 bridgehead atoms. The van der Waals surface area contributed by atoms with Crippen molar-refractivity contribution in [1.29, 1.82) is 0 Å². The van der Waals surface area contributed by atoms with Crippen LogP contribution in [0.1, 0.15) is 17.0 Å². The molecule has 0 fully saturated rings. The molecule has 1 heterocycles. The molecule has 0 aliphatic rings. The van der Waals surface area contributed by atoms with Crippen LogP contribution in [-0.2, 0) is 13.0 Å². The number of halogens is 1. The van der Waals surface area contributed by atoms with Gasteiger partial charge in [0.25, 0.3) is 0 Å².